The summed E-state index contributed by atoms with van der Waals surface area (Å²) in [6.45, 7) is 3.09. The number of hydrogen-bond donors (Lipinski definition) is 1. The Morgan fingerprint density at radius 3 is 2.78 bits per heavy atom. The number of nitrogens with one attached hydrogen (secondary N) is 1. The van der Waals surface area contributed by atoms with Crippen LogP contribution in [0.4, 0.5) is 10.1 Å². The molecule has 1 heterocycles. The fraction of sp³-hybridized carbons (Fsp3) is 0.600. The number of nitrogens with zero attached hydrogens (tertiary/aromatic N) is 1. The fourth-order valence-electron chi connectivity index (χ4n) is 3.41. The van der Waals surface area contributed by atoms with E-state index in [1.165, 1.54) is 19.3 Å². The SMILES string of the molecule is CNC(C)c1ccc(N2CC3CCC2C3)c(F)c1. The summed E-state index contributed by atoms with van der Waals surface area (Å²) in [5, 5.41) is 3.14. The van der Waals surface area contributed by atoms with Crippen LogP contribution in [0.5, 0.6) is 0 Å². The van der Waals surface area contributed by atoms with Gasteiger partial charge in [-0.15, -0.1) is 0 Å². The number of fused-ring (bicyclic) bond motifs is 2. The first kappa shape index (κ1) is 12.0. The van der Waals surface area contributed by atoms with E-state index in [0.29, 0.717) is 6.04 Å². The average Bonchev–Trinajstić information content (AvgIpc) is 3.00. The molecule has 3 heteroatoms. The van der Waals surface area contributed by atoms with Crippen molar-refractivity contribution in [2.24, 2.45) is 5.92 Å². The summed E-state index contributed by atoms with van der Waals surface area (Å²) in [6, 6.07) is 6.47. The van der Waals surface area contributed by atoms with Gasteiger partial charge in [-0.05, 0) is 56.8 Å². The zero-order valence-corrected chi connectivity index (χ0v) is 11.1. The van der Waals surface area contributed by atoms with Crippen molar-refractivity contribution in [3.8, 4) is 0 Å². The normalized spacial score (nSPS) is 27.8. The second-order valence-electron chi connectivity index (χ2n) is 5.71. The van der Waals surface area contributed by atoms with Gasteiger partial charge < -0.3 is 10.2 Å². The van der Waals surface area contributed by atoms with E-state index in [4.69, 9.17) is 0 Å². The lowest BCUT2D eigenvalue weighted by Gasteiger charge is -2.29. The van der Waals surface area contributed by atoms with Gasteiger partial charge >= 0.3 is 0 Å². The molecule has 1 aliphatic carbocycles. The van der Waals surface area contributed by atoms with Crippen LogP contribution in [0.15, 0.2) is 18.2 Å². The molecule has 1 saturated heterocycles. The molecule has 98 valence electrons. The first-order valence-corrected chi connectivity index (χ1v) is 6.92. The van der Waals surface area contributed by atoms with Crippen LogP contribution in [0, 0.1) is 11.7 Å². The lowest BCUT2D eigenvalue weighted by molar-refractivity contribution is 0.539. The maximum Gasteiger partial charge on any atom is 0.146 e. The predicted molar refractivity (Wildman–Crippen MR) is 72.3 cm³/mol. The molecule has 1 aliphatic heterocycles. The smallest absolute Gasteiger partial charge is 0.146 e. The third-order valence-corrected chi connectivity index (χ3v) is 4.62. The zero-order chi connectivity index (χ0) is 12.7. The molecule has 1 aromatic rings. The highest BCUT2D eigenvalue weighted by atomic mass is 19.1. The van der Waals surface area contributed by atoms with Crippen LogP contribution in [0.2, 0.25) is 0 Å². The van der Waals surface area contributed by atoms with E-state index in [9.17, 15) is 4.39 Å². The summed E-state index contributed by atoms with van der Waals surface area (Å²) in [7, 11) is 1.90. The van der Waals surface area contributed by atoms with Crippen LogP contribution in [0.3, 0.4) is 0 Å². The van der Waals surface area contributed by atoms with Crippen molar-refractivity contribution in [1.29, 1.82) is 0 Å². The molecule has 0 amide bonds. The molecule has 3 atom stereocenters. The van der Waals surface area contributed by atoms with Gasteiger partial charge in [0.25, 0.3) is 0 Å². The molecule has 0 spiro atoms. The van der Waals surface area contributed by atoms with Gasteiger partial charge in [-0.1, -0.05) is 6.07 Å². The van der Waals surface area contributed by atoms with Crippen molar-refractivity contribution in [3.05, 3.63) is 29.6 Å². The van der Waals surface area contributed by atoms with Crippen LogP contribution in [0.1, 0.15) is 37.8 Å². The van der Waals surface area contributed by atoms with Gasteiger partial charge in [-0.25, -0.2) is 4.39 Å². The van der Waals surface area contributed by atoms with Crippen molar-refractivity contribution < 1.29 is 4.39 Å². The third kappa shape index (κ3) is 1.91. The van der Waals surface area contributed by atoms with Crippen LogP contribution >= 0.6 is 0 Å². The van der Waals surface area contributed by atoms with Crippen LogP contribution in [0.25, 0.3) is 0 Å². The number of hydrogen-bond acceptors (Lipinski definition) is 2. The van der Waals surface area contributed by atoms with Crippen molar-refractivity contribution >= 4 is 5.69 Å². The Bertz CT molecular complexity index is 446. The Morgan fingerprint density at radius 1 is 1.39 bits per heavy atom. The summed E-state index contributed by atoms with van der Waals surface area (Å²) >= 11 is 0. The molecule has 2 aliphatic rings. The number of piperidine rings is 1. The summed E-state index contributed by atoms with van der Waals surface area (Å²) in [4.78, 5) is 2.28. The Balaban J connectivity index is 1.85. The molecular formula is C15H21FN2. The number of anilines is 1. The Morgan fingerprint density at radius 2 is 2.22 bits per heavy atom. The van der Waals surface area contributed by atoms with Crippen LogP contribution in [-0.4, -0.2) is 19.6 Å². The van der Waals surface area contributed by atoms with E-state index in [2.05, 4.69) is 10.2 Å². The fourth-order valence-corrected chi connectivity index (χ4v) is 3.41. The number of rotatable bonds is 3. The van der Waals surface area contributed by atoms with Gasteiger partial charge in [0.1, 0.15) is 5.82 Å². The standard InChI is InChI=1S/C15H21FN2/c1-10(17-2)12-4-6-15(14(16)8-12)18-9-11-3-5-13(18)7-11/h4,6,8,10-11,13,17H,3,5,7,9H2,1-2H3. The van der Waals surface area contributed by atoms with Crippen LogP contribution < -0.4 is 10.2 Å². The minimum absolute atomic E-state index is 0.0675. The number of halogens is 1. The van der Waals surface area contributed by atoms with Crippen molar-refractivity contribution in [3.63, 3.8) is 0 Å². The highest BCUT2D eigenvalue weighted by Crippen LogP contribution is 2.41. The van der Waals surface area contributed by atoms with E-state index < -0.39 is 0 Å². The summed E-state index contributed by atoms with van der Waals surface area (Å²) < 4.78 is 14.3. The lowest BCUT2D eigenvalue weighted by Crippen LogP contribution is -2.32. The second kappa shape index (κ2) is 4.54. The number of benzene rings is 1. The molecule has 0 radical (unpaired) electrons. The maximum absolute atomic E-state index is 14.3. The lowest BCUT2D eigenvalue weighted by atomic mass is 10.1. The molecule has 1 aromatic carbocycles. The summed E-state index contributed by atoms with van der Waals surface area (Å²) in [5.74, 6) is 0.729. The molecule has 2 bridgehead atoms. The van der Waals surface area contributed by atoms with Crippen molar-refractivity contribution in [2.45, 2.75) is 38.3 Å². The first-order valence-electron chi connectivity index (χ1n) is 6.92. The highest BCUT2D eigenvalue weighted by molar-refractivity contribution is 5.52. The molecule has 1 saturated carbocycles. The molecule has 3 unspecified atom stereocenters. The Hall–Kier alpha value is -1.09. The molecule has 3 rings (SSSR count). The monoisotopic (exact) mass is 248 g/mol. The third-order valence-electron chi connectivity index (χ3n) is 4.62. The summed E-state index contributed by atoms with van der Waals surface area (Å²) in [5.41, 5.74) is 1.82. The molecule has 1 N–H and O–H groups in total. The highest BCUT2D eigenvalue weighted by Gasteiger charge is 2.38. The van der Waals surface area contributed by atoms with Gasteiger partial charge in [0.2, 0.25) is 0 Å². The molecule has 0 aromatic heterocycles. The van der Waals surface area contributed by atoms with Crippen molar-refractivity contribution in [2.75, 3.05) is 18.5 Å². The molecule has 18 heavy (non-hydrogen) atoms. The Labute approximate surface area is 108 Å². The minimum Gasteiger partial charge on any atom is -0.366 e. The average molecular weight is 248 g/mol. The molecular weight excluding hydrogens is 227 g/mol. The largest absolute Gasteiger partial charge is 0.366 e. The Kier molecular flexibility index (Phi) is 3.02. The van der Waals surface area contributed by atoms with Gasteiger partial charge in [0.05, 0.1) is 5.69 Å². The van der Waals surface area contributed by atoms with E-state index in [1.54, 1.807) is 6.07 Å². The van der Waals surface area contributed by atoms with Gasteiger partial charge in [0, 0.05) is 18.6 Å². The first-order chi connectivity index (χ1) is 8.69. The maximum atomic E-state index is 14.3. The topological polar surface area (TPSA) is 15.3 Å². The molecule has 2 fully saturated rings. The van der Waals surface area contributed by atoms with E-state index in [1.807, 2.05) is 26.1 Å². The van der Waals surface area contributed by atoms with Crippen LogP contribution in [-0.2, 0) is 0 Å². The van der Waals surface area contributed by atoms with E-state index in [0.717, 1.165) is 23.7 Å². The summed E-state index contributed by atoms with van der Waals surface area (Å²) in [6.07, 6.45) is 3.82. The van der Waals surface area contributed by atoms with Gasteiger partial charge in [-0.3, -0.25) is 0 Å². The van der Waals surface area contributed by atoms with E-state index >= 15 is 0 Å². The van der Waals surface area contributed by atoms with Gasteiger partial charge in [0.15, 0.2) is 0 Å². The van der Waals surface area contributed by atoms with E-state index in [-0.39, 0.29) is 11.9 Å². The molecule has 2 nitrogen and oxygen atoms in total. The zero-order valence-electron chi connectivity index (χ0n) is 11.1. The second-order valence-corrected chi connectivity index (χ2v) is 5.71. The quantitative estimate of drug-likeness (QED) is 0.884. The van der Waals surface area contributed by atoms with Crippen molar-refractivity contribution in [1.82, 2.24) is 5.32 Å². The minimum atomic E-state index is -0.0675. The predicted octanol–water partition coefficient (Wildman–Crippen LogP) is 3.09. The van der Waals surface area contributed by atoms with Gasteiger partial charge in [-0.2, -0.15) is 0 Å².